The number of nitro groups is 1. The first-order chi connectivity index (χ1) is 16.4. The van der Waals surface area contributed by atoms with Gasteiger partial charge < -0.3 is 9.47 Å². The Morgan fingerprint density at radius 3 is 1.65 bits per heavy atom. The lowest BCUT2D eigenvalue weighted by Crippen LogP contribution is -2.37. The SMILES string of the molecule is O=C(O[C@@H]1C(=O)N(c2cccc([N+](=O)[O-])c2)C(=O)[C@H]1OC(=O)c1ccccc1)c1ccccc1. The molecule has 0 radical (unpaired) electrons. The van der Waals surface area contributed by atoms with Crippen molar-refractivity contribution in [1.29, 1.82) is 0 Å². The fraction of sp³-hybridized carbons (Fsp3) is 0.0833. The minimum Gasteiger partial charge on any atom is -0.444 e. The van der Waals surface area contributed by atoms with Crippen LogP contribution in [0.1, 0.15) is 20.7 Å². The molecule has 2 atom stereocenters. The molecule has 1 fully saturated rings. The smallest absolute Gasteiger partial charge is 0.339 e. The number of ether oxygens (including phenoxy) is 2. The van der Waals surface area contributed by atoms with Crippen LogP contribution in [0.15, 0.2) is 84.9 Å². The molecule has 170 valence electrons. The van der Waals surface area contributed by atoms with Crippen molar-refractivity contribution in [1.82, 2.24) is 0 Å². The third kappa shape index (κ3) is 4.37. The molecule has 10 nitrogen and oxygen atoms in total. The molecule has 0 bridgehead atoms. The van der Waals surface area contributed by atoms with E-state index in [0.29, 0.717) is 4.90 Å². The monoisotopic (exact) mass is 460 g/mol. The summed E-state index contributed by atoms with van der Waals surface area (Å²) in [4.78, 5) is 62.6. The molecule has 1 aliphatic rings. The van der Waals surface area contributed by atoms with Crippen LogP contribution in [-0.4, -0.2) is 40.9 Å². The summed E-state index contributed by atoms with van der Waals surface area (Å²) >= 11 is 0. The van der Waals surface area contributed by atoms with Crippen molar-refractivity contribution in [2.24, 2.45) is 0 Å². The fourth-order valence-corrected chi connectivity index (χ4v) is 3.36. The number of anilines is 1. The first-order valence-electron chi connectivity index (χ1n) is 10.0. The first-order valence-corrected chi connectivity index (χ1v) is 10.0. The van der Waals surface area contributed by atoms with E-state index >= 15 is 0 Å². The van der Waals surface area contributed by atoms with Crippen molar-refractivity contribution in [3.05, 3.63) is 106 Å². The second-order valence-corrected chi connectivity index (χ2v) is 7.17. The minimum absolute atomic E-state index is 0.115. The molecule has 2 amide bonds. The molecule has 1 aliphatic heterocycles. The van der Waals surface area contributed by atoms with Crippen LogP contribution in [0.4, 0.5) is 11.4 Å². The Morgan fingerprint density at radius 1 is 0.735 bits per heavy atom. The van der Waals surface area contributed by atoms with Gasteiger partial charge >= 0.3 is 11.9 Å². The summed E-state index contributed by atoms with van der Waals surface area (Å²) < 4.78 is 10.6. The highest BCUT2D eigenvalue weighted by Gasteiger charge is 2.53. The number of hydrogen-bond acceptors (Lipinski definition) is 8. The Kier molecular flexibility index (Phi) is 6.13. The number of esters is 2. The summed E-state index contributed by atoms with van der Waals surface area (Å²) in [5.41, 5.74) is -0.252. The predicted octanol–water partition coefficient (Wildman–Crippen LogP) is 2.92. The van der Waals surface area contributed by atoms with Gasteiger partial charge in [-0.15, -0.1) is 0 Å². The molecule has 4 rings (SSSR count). The van der Waals surface area contributed by atoms with Crippen molar-refractivity contribution in [3.63, 3.8) is 0 Å². The van der Waals surface area contributed by atoms with Crippen LogP contribution in [0, 0.1) is 10.1 Å². The summed E-state index contributed by atoms with van der Waals surface area (Å²) in [6.45, 7) is 0. The van der Waals surface area contributed by atoms with Crippen LogP contribution in [-0.2, 0) is 19.1 Å². The van der Waals surface area contributed by atoms with Gasteiger partial charge in [0.1, 0.15) is 0 Å². The number of hydrogen-bond donors (Lipinski definition) is 0. The maximum Gasteiger partial charge on any atom is 0.339 e. The third-order valence-electron chi connectivity index (χ3n) is 4.99. The number of non-ortho nitro benzene ring substituents is 1. The Hall–Kier alpha value is -4.86. The summed E-state index contributed by atoms with van der Waals surface area (Å²) in [7, 11) is 0. The fourth-order valence-electron chi connectivity index (χ4n) is 3.36. The van der Waals surface area contributed by atoms with Crippen molar-refractivity contribution in [2.75, 3.05) is 4.90 Å². The second kappa shape index (κ2) is 9.33. The molecule has 0 saturated carbocycles. The quantitative estimate of drug-likeness (QED) is 0.237. The number of nitro benzene ring substituents is 1. The summed E-state index contributed by atoms with van der Waals surface area (Å²) in [6.07, 6.45) is -3.57. The molecular formula is C24H16N2O8. The zero-order valence-corrected chi connectivity index (χ0v) is 17.4. The van der Waals surface area contributed by atoms with Gasteiger partial charge in [-0.25, -0.2) is 14.5 Å². The number of benzene rings is 3. The van der Waals surface area contributed by atoms with Crippen LogP contribution in [0.3, 0.4) is 0 Å². The van der Waals surface area contributed by atoms with Crippen LogP contribution in [0.2, 0.25) is 0 Å². The van der Waals surface area contributed by atoms with Crippen LogP contribution < -0.4 is 4.90 Å². The van der Waals surface area contributed by atoms with E-state index in [1.54, 1.807) is 36.4 Å². The van der Waals surface area contributed by atoms with E-state index in [1.165, 1.54) is 42.5 Å². The number of rotatable bonds is 6. The standard InChI is InChI=1S/C24H16N2O8/c27-21-19(33-23(29)15-8-3-1-4-9-15)20(34-24(30)16-10-5-2-6-11-16)22(28)25(21)17-12-7-13-18(14-17)26(31)32/h1-14,19-20H/t19-,20-/m0/s1. The lowest BCUT2D eigenvalue weighted by atomic mass is 10.2. The molecule has 0 spiro atoms. The molecule has 1 saturated heterocycles. The van der Waals surface area contributed by atoms with Gasteiger partial charge in [-0.2, -0.15) is 0 Å². The number of carbonyl (C=O) groups is 4. The Balaban J connectivity index is 1.68. The average molecular weight is 460 g/mol. The Bertz CT molecular complexity index is 1200. The van der Waals surface area contributed by atoms with Gasteiger partial charge in [-0.1, -0.05) is 42.5 Å². The predicted molar refractivity (Wildman–Crippen MR) is 117 cm³/mol. The molecule has 0 unspecified atom stereocenters. The van der Waals surface area contributed by atoms with Gasteiger partial charge in [-0.3, -0.25) is 19.7 Å². The Morgan fingerprint density at radius 2 is 1.21 bits per heavy atom. The number of amides is 2. The highest BCUT2D eigenvalue weighted by atomic mass is 16.6. The van der Waals surface area contributed by atoms with Gasteiger partial charge in [0.2, 0.25) is 12.2 Å². The van der Waals surface area contributed by atoms with Crippen LogP contribution in [0.25, 0.3) is 0 Å². The normalized spacial score (nSPS) is 17.4. The first kappa shape index (κ1) is 22.3. The summed E-state index contributed by atoms with van der Waals surface area (Å²) in [5, 5.41) is 11.1. The van der Waals surface area contributed by atoms with Crippen molar-refractivity contribution in [3.8, 4) is 0 Å². The van der Waals surface area contributed by atoms with E-state index in [9.17, 15) is 29.3 Å². The number of carbonyl (C=O) groups excluding carboxylic acids is 4. The van der Waals surface area contributed by atoms with Crippen LogP contribution >= 0.6 is 0 Å². The zero-order chi connectivity index (χ0) is 24.2. The van der Waals surface area contributed by atoms with E-state index in [1.807, 2.05) is 0 Å². The summed E-state index contributed by atoms with van der Waals surface area (Å²) in [6, 6.07) is 20.3. The van der Waals surface area contributed by atoms with Crippen LogP contribution in [0.5, 0.6) is 0 Å². The molecule has 3 aromatic rings. The Labute approximate surface area is 192 Å². The van der Waals surface area contributed by atoms with E-state index in [2.05, 4.69) is 0 Å². The molecule has 0 N–H and O–H groups in total. The molecule has 3 aromatic carbocycles. The average Bonchev–Trinajstić information content (AvgIpc) is 3.08. The number of nitrogens with zero attached hydrogens (tertiary/aromatic N) is 2. The molecule has 1 heterocycles. The molecule has 0 aliphatic carbocycles. The highest BCUT2D eigenvalue weighted by molar-refractivity contribution is 6.25. The van der Waals surface area contributed by atoms with Gasteiger partial charge in [0.15, 0.2) is 0 Å². The topological polar surface area (TPSA) is 133 Å². The van der Waals surface area contributed by atoms with Gasteiger partial charge in [-0.05, 0) is 30.3 Å². The second-order valence-electron chi connectivity index (χ2n) is 7.17. The lowest BCUT2D eigenvalue weighted by Gasteiger charge is -2.16. The molecule has 0 aromatic heterocycles. The molecule has 10 heteroatoms. The number of imide groups is 1. The maximum atomic E-state index is 13.2. The summed E-state index contributed by atoms with van der Waals surface area (Å²) in [5.74, 6) is -3.82. The van der Waals surface area contributed by atoms with E-state index < -0.39 is 40.9 Å². The van der Waals surface area contributed by atoms with E-state index in [-0.39, 0.29) is 22.5 Å². The molecular weight excluding hydrogens is 444 g/mol. The van der Waals surface area contributed by atoms with Crippen molar-refractivity contribution < 1.29 is 33.6 Å². The molecule has 34 heavy (non-hydrogen) atoms. The van der Waals surface area contributed by atoms with Gasteiger partial charge in [0.25, 0.3) is 17.5 Å². The lowest BCUT2D eigenvalue weighted by molar-refractivity contribution is -0.384. The van der Waals surface area contributed by atoms with Crippen molar-refractivity contribution >= 4 is 35.1 Å². The zero-order valence-electron chi connectivity index (χ0n) is 17.4. The van der Waals surface area contributed by atoms with Gasteiger partial charge in [0, 0.05) is 12.1 Å². The largest absolute Gasteiger partial charge is 0.444 e. The minimum atomic E-state index is -1.79. The third-order valence-corrected chi connectivity index (χ3v) is 4.99. The van der Waals surface area contributed by atoms with E-state index in [4.69, 9.17) is 9.47 Å². The maximum absolute atomic E-state index is 13.2. The van der Waals surface area contributed by atoms with E-state index in [0.717, 1.165) is 6.07 Å². The highest BCUT2D eigenvalue weighted by Crippen LogP contribution is 2.30. The van der Waals surface area contributed by atoms with Crippen molar-refractivity contribution in [2.45, 2.75) is 12.2 Å². The van der Waals surface area contributed by atoms with Gasteiger partial charge in [0.05, 0.1) is 21.7 Å².